The molecule has 1 aromatic heterocycles. The number of pyridine rings is 1. The molecule has 1 aromatic rings. The van der Waals surface area contributed by atoms with Crippen LogP contribution in [0.15, 0.2) is 17.3 Å². The third kappa shape index (κ3) is 2.66. The number of primary sulfonamides is 1. The molecule has 19 heavy (non-hydrogen) atoms. The van der Waals surface area contributed by atoms with Crippen LogP contribution in [-0.4, -0.2) is 13.4 Å². The van der Waals surface area contributed by atoms with E-state index < -0.39 is 28.4 Å². The zero-order valence-corrected chi connectivity index (χ0v) is 11.0. The summed E-state index contributed by atoms with van der Waals surface area (Å²) in [6, 6.07) is 0. The molecule has 0 radical (unpaired) electrons. The molecule has 104 valence electrons. The summed E-state index contributed by atoms with van der Waals surface area (Å²) in [6.07, 6.45) is 5.38. The number of nitrogens with zero attached hydrogens (tertiary/aromatic N) is 1. The van der Waals surface area contributed by atoms with Gasteiger partial charge in [0.1, 0.15) is 13.3 Å². The molecule has 0 unspecified atom stereocenters. The molecule has 1 aliphatic rings. The lowest BCUT2D eigenvalue weighted by atomic mass is 9.97. The summed E-state index contributed by atoms with van der Waals surface area (Å²) in [7, 11) is -4.12. The summed E-state index contributed by atoms with van der Waals surface area (Å²) in [5.74, 6) is 0. The first-order chi connectivity index (χ1) is 8.99. The molecule has 1 heterocycles. The van der Waals surface area contributed by atoms with Crippen LogP contribution in [0.5, 0.6) is 0 Å². The van der Waals surface area contributed by atoms with Crippen LogP contribution >= 0.6 is 0 Å². The Balaban J connectivity index is 2.73. The predicted octanol–water partition coefficient (Wildman–Crippen LogP) is 2.24. The lowest BCUT2D eigenvalue weighted by Gasteiger charge is -2.14. The van der Waals surface area contributed by atoms with E-state index in [0.717, 1.165) is 24.6 Å². The lowest BCUT2D eigenvalue weighted by Crippen LogP contribution is -2.18. The Kier molecular flexibility index (Phi) is 3.96. The topological polar surface area (TPSA) is 73.1 Å². The van der Waals surface area contributed by atoms with Crippen LogP contribution in [0.1, 0.15) is 36.0 Å². The molecular formula is C12H14F2N2O2S. The smallest absolute Gasteiger partial charge is 0.246 e. The van der Waals surface area contributed by atoms with Crippen LogP contribution < -0.4 is 5.14 Å². The number of alkyl halides is 2. The highest BCUT2D eigenvalue weighted by Gasteiger charge is 2.24. The minimum atomic E-state index is -4.12. The van der Waals surface area contributed by atoms with Crippen molar-refractivity contribution in [1.82, 2.24) is 4.98 Å². The molecule has 4 nitrogen and oxygen atoms in total. The highest BCUT2D eigenvalue weighted by molar-refractivity contribution is 7.89. The van der Waals surface area contributed by atoms with Crippen LogP contribution in [0.25, 0.3) is 5.57 Å². The molecule has 1 aliphatic carbocycles. The van der Waals surface area contributed by atoms with Gasteiger partial charge in [0.25, 0.3) is 10.0 Å². The van der Waals surface area contributed by atoms with E-state index in [9.17, 15) is 17.2 Å². The Hall–Kier alpha value is -1.34. The zero-order valence-electron chi connectivity index (χ0n) is 10.2. The summed E-state index contributed by atoms with van der Waals surface area (Å²) in [5, 5.41) is 4.52. The van der Waals surface area contributed by atoms with Gasteiger partial charge in [0.15, 0.2) is 5.03 Å². The number of aromatic nitrogens is 1. The molecule has 7 heteroatoms. The Morgan fingerprint density at radius 1 is 1.32 bits per heavy atom. The summed E-state index contributed by atoms with van der Waals surface area (Å²) in [5.41, 5.74) is 1.16. The Morgan fingerprint density at radius 2 is 2.05 bits per heavy atom. The second-order valence-electron chi connectivity index (χ2n) is 4.38. The number of hydrogen-bond donors (Lipinski definition) is 1. The fourth-order valence-corrected chi connectivity index (χ4v) is 3.05. The van der Waals surface area contributed by atoms with Gasteiger partial charge in [0.2, 0.25) is 0 Å². The van der Waals surface area contributed by atoms with Crippen LogP contribution in [0, 0.1) is 0 Å². The van der Waals surface area contributed by atoms with Gasteiger partial charge in [-0.1, -0.05) is 6.08 Å². The van der Waals surface area contributed by atoms with E-state index in [0.29, 0.717) is 12.0 Å². The molecule has 0 saturated carbocycles. The van der Waals surface area contributed by atoms with Gasteiger partial charge in [0, 0.05) is 17.3 Å². The van der Waals surface area contributed by atoms with Crippen molar-refractivity contribution in [2.75, 3.05) is 0 Å². The maximum Gasteiger partial charge on any atom is 0.255 e. The van der Waals surface area contributed by atoms with Crippen molar-refractivity contribution in [2.45, 2.75) is 37.6 Å². The largest absolute Gasteiger partial charge is 0.255 e. The predicted molar refractivity (Wildman–Crippen MR) is 67.1 cm³/mol. The first kappa shape index (κ1) is 14.1. The minimum Gasteiger partial charge on any atom is -0.246 e. The van der Waals surface area contributed by atoms with Crippen molar-refractivity contribution in [3.05, 3.63) is 29.0 Å². The minimum absolute atomic E-state index is 0.134. The number of hydrogen-bond acceptors (Lipinski definition) is 3. The van der Waals surface area contributed by atoms with Crippen molar-refractivity contribution < 1.29 is 17.2 Å². The molecule has 0 fully saturated rings. The number of rotatable bonds is 4. The standard InChI is InChI=1S/C12H14F2N2O2S/c13-5-9-7-16-12(19(15,17)18)10(6-14)11(9)8-3-1-2-4-8/h3,7H,1-2,4-6H2,(H2,15,17,18). The van der Waals surface area contributed by atoms with Gasteiger partial charge in [-0.25, -0.2) is 27.3 Å². The monoisotopic (exact) mass is 288 g/mol. The molecular weight excluding hydrogens is 274 g/mol. The van der Waals surface area contributed by atoms with Crippen LogP contribution in [-0.2, 0) is 23.4 Å². The maximum atomic E-state index is 13.2. The lowest BCUT2D eigenvalue weighted by molar-refractivity contribution is 0.463. The molecule has 0 aliphatic heterocycles. The highest BCUT2D eigenvalue weighted by Crippen LogP contribution is 2.35. The van der Waals surface area contributed by atoms with Crippen molar-refractivity contribution >= 4 is 15.6 Å². The van der Waals surface area contributed by atoms with Gasteiger partial charge in [-0.15, -0.1) is 0 Å². The first-order valence-corrected chi connectivity index (χ1v) is 7.38. The van der Waals surface area contributed by atoms with E-state index in [1.165, 1.54) is 0 Å². The second kappa shape index (κ2) is 5.34. The van der Waals surface area contributed by atoms with E-state index in [-0.39, 0.29) is 11.1 Å². The van der Waals surface area contributed by atoms with Crippen molar-refractivity contribution in [2.24, 2.45) is 5.14 Å². The summed E-state index contributed by atoms with van der Waals surface area (Å²) in [6.45, 7) is -1.86. The molecule has 2 N–H and O–H groups in total. The molecule has 0 amide bonds. The van der Waals surface area contributed by atoms with Crippen LogP contribution in [0.3, 0.4) is 0 Å². The van der Waals surface area contributed by atoms with E-state index in [4.69, 9.17) is 5.14 Å². The molecule has 2 rings (SSSR count). The average molecular weight is 288 g/mol. The van der Waals surface area contributed by atoms with Gasteiger partial charge < -0.3 is 0 Å². The quantitative estimate of drug-likeness (QED) is 0.923. The fourth-order valence-electron chi connectivity index (χ4n) is 2.35. The number of nitrogens with two attached hydrogens (primary N) is 1. The van der Waals surface area contributed by atoms with E-state index in [1.54, 1.807) is 0 Å². The van der Waals surface area contributed by atoms with Gasteiger partial charge in [-0.05, 0) is 30.4 Å². The van der Waals surface area contributed by atoms with Gasteiger partial charge in [-0.3, -0.25) is 0 Å². The Morgan fingerprint density at radius 3 is 2.53 bits per heavy atom. The summed E-state index contributed by atoms with van der Waals surface area (Å²) in [4.78, 5) is 3.60. The molecule has 0 bridgehead atoms. The third-order valence-electron chi connectivity index (χ3n) is 3.13. The molecule has 0 aromatic carbocycles. The number of halogens is 2. The van der Waals surface area contributed by atoms with Crippen molar-refractivity contribution in [3.8, 4) is 0 Å². The average Bonchev–Trinajstić information content (AvgIpc) is 2.89. The molecule has 0 spiro atoms. The zero-order chi connectivity index (χ0) is 14.0. The maximum absolute atomic E-state index is 13.2. The first-order valence-electron chi connectivity index (χ1n) is 5.84. The van der Waals surface area contributed by atoms with E-state index in [1.807, 2.05) is 6.08 Å². The van der Waals surface area contributed by atoms with Gasteiger partial charge in [0.05, 0.1) is 0 Å². The highest BCUT2D eigenvalue weighted by atomic mass is 32.2. The van der Waals surface area contributed by atoms with Gasteiger partial charge >= 0.3 is 0 Å². The third-order valence-corrected chi connectivity index (χ3v) is 4.02. The summed E-state index contributed by atoms with van der Waals surface area (Å²) >= 11 is 0. The van der Waals surface area contributed by atoms with Crippen LogP contribution in [0.2, 0.25) is 0 Å². The summed E-state index contributed by atoms with van der Waals surface area (Å²) < 4.78 is 49.1. The van der Waals surface area contributed by atoms with E-state index >= 15 is 0 Å². The SMILES string of the molecule is NS(=O)(=O)c1ncc(CF)c(C2=CCCC2)c1CF. The molecule has 0 atom stereocenters. The fraction of sp³-hybridized carbons (Fsp3) is 0.417. The van der Waals surface area contributed by atoms with Crippen LogP contribution in [0.4, 0.5) is 8.78 Å². The van der Waals surface area contributed by atoms with E-state index in [2.05, 4.69) is 4.98 Å². The second-order valence-corrected chi connectivity index (χ2v) is 5.85. The van der Waals surface area contributed by atoms with Crippen molar-refractivity contribution in [3.63, 3.8) is 0 Å². The number of allylic oxidation sites excluding steroid dienone is 2. The normalized spacial score (nSPS) is 15.6. The Bertz CT molecular complexity index is 627. The molecule has 0 saturated heterocycles. The van der Waals surface area contributed by atoms with Crippen molar-refractivity contribution in [1.29, 1.82) is 0 Å². The van der Waals surface area contributed by atoms with Gasteiger partial charge in [-0.2, -0.15) is 0 Å². The number of sulfonamides is 1. The Labute approximate surface area is 110 Å².